The molecule has 5 nitrogen and oxygen atoms in total. The van der Waals surface area contributed by atoms with Gasteiger partial charge in [-0.1, -0.05) is 36.4 Å². The second-order valence-electron chi connectivity index (χ2n) is 8.86. The van der Waals surface area contributed by atoms with Gasteiger partial charge in [-0.05, 0) is 71.3 Å². The molecule has 2 aliphatic rings. The molecule has 1 amide bonds. The zero-order valence-corrected chi connectivity index (χ0v) is 20.4. The van der Waals surface area contributed by atoms with E-state index in [1.165, 1.54) is 13.1 Å². The maximum Gasteiger partial charge on any atom is 0.251 e. The molecule has 0 spiro atoms. The standard InChI is InChI=1S/C29H19F3N2O2.CH5N/c30-24-4-2-1-3-19(24)15-5-7-20-22(9-15)28-23-10-16(6-8-21(23)27(20)36-28)29(35)34-14-18-12-25(31)17(13-33)11-26(18)32;1-2/h1-13,27-28,33H,14H2,(H,34,35);2H2,1H3/t27-,28+;/m0./s1. The van der Waals surface area contributed by atoms with E-state index in [0.717, 1.165) is 46.2 Å². The third kappa shape index (κ3) is 4.27. The van der Waals surface area contributed by atoms with Gasteiger partial charge in [0.15, 0.2) is 0 Å². The lowest BCUT2D eigenvalue weighted by Gasteiger charge is -2.18. The lowest BCUT2D eigenvalue weighted by molar-refractivity contribution is 0.0857. The molecule has 4 N–H and O–H groups in total. The predicted octanol–water partition coefficient (Wildman–Crippen LogP) is 5.80. The van der Waals surface area contributed by atoms with E-state index in [2.05, 4.69) is 11.1 Å². The minimum absolute atomic E-state index is 0.00963. The fourth-order valence-electron chi connectivity index (χ4n) is 4.98. The number of nitrogens with two attached hydrogens (primary N) is 1. The fraction of sp³-hybridized carbons (Fsp3) is 0.133. The van der Waals surface area contributed by atoms with Crippen LogP contribution in [0, 0.1) is 22.9 Å². The minimum atomic E-state index is -0.727. The van der Waals surface area contributed by atoms with Crippen molar-refractivity contribution < 1.29 is 22.7 Å². The van der Waals surface area contributed by atoms with E-state index in [4.69, 9.17) is 10.1 Å². The van der Waals surface area contributed by atoms with E-state index in [9.17, 15) is 18.0 Å². The van der Waals surface area contributed by atoms with Crippen LogP contribution in [0.15, 0.2) is 72.8 Å². The third-order valence-electron chi connectivity index (χ3n) is 6.78. The highest BCUT2D eigenvalue weighted by atomic mass is 19.1. The molecule has 2 heterocycles. The van der Waals surface area contributed by atoms with E-state index < -0.39 is 17.5 Å². The first-order valence-corrected chi connectivity index (χ1v) is 12.0. The number of fused-ring (bicyclic) bond motifs is 8. The Kier molecular flexibility index (Phi) is 6.84. The number of hydrogen-bond acceptors (Lipinski definition) is 4. The summed E-state index contributed by atoms with van der Waals surface area (Å²) in [6, 6.07) is 19.6. The van der Waals surface area contributed by atoms with Gasteiger partial charge in [0, 0.05) is 35.0 Å². The number of nitrogens with one attached hydrogen (secondary N) is 2. The molecule has 0 fully saturated rings. The molecule has 0 saturated heterocycles. The normalized spacial score (nSPS) is 16.2. The summed E-state index contributed by atoms with van der Waals surface area (Å²) < 4.78 is 48.7. The molecule has 2 atom stereocenters. The minimum Gasteiger partial charge on any atom is -0.356 e. The van der Waals surface area contributed by atoms with Crippen molar-refractivity contribution in [2.75, 3.05) is 7.05 Å². The number of benzene rings is 4. The SMILES string of the molecule is CN.N=Cc1cc(F)c(CNC(=O)c2ccc3c(c2)[C@@H]2O[C@H]3c3ccc(-c4ccccc4F)cc32)cc1F. The van der Waals surface area contributed by atoms with Gasteiger partial charge in [-0.3, -0.25) is 4.79 Å². The Hall–Kier alpha value is -4.27. The first-order chi connectivity index (χ1) is 18.4. The molecule has 0 aliphatic carbocycles. The van der Waals surface area contributed by atoms with Gasteiger partial charge in [-0.2, -0.15) is 0 Å². The van der Waals surface area contributed by atoms with Crippen molar-refractivity contribution in [3.05, 3.63) is 129 Å². The molecular weight excluding hydrogens is 491 g/mol. The summed E-state index contributed by atoms with van der Waals surface area (Å²) in [5.41, 5.74) is 9.75. The summed E-state index contributed by atoms with van der Waals surface area (Å²) in [7, 11) is 1.50. The number of ether oxygens (including phenoxy) is 1. The Morgan fingerprint density at radius 3 is 2.29 bits per heavy atom. The summed E-state index contributed by atoms with van der Waals surface area (Å²) in [5.74, 6) is -2.16. The first kappa shape index (κ1) is 25.4. The van der Waals surface area contributed by atoms with E-state index in [-0.39, 0.29) is 35.7 Å². The van der Waals surface area contributed by atoms with Crippen LogP contribution in [0.4, 0.5) is 13.2 Å². The topological polar surface area (TPSA) is 88.2 Å². The van der Waals surface area contributed by atoms with Gasteiger partial charge in [-0.15, -0.1) is 0 Å². The summed E-state index contributed by atoms with van der Waals surface area (Å²) in [6.07, 6.45) is 0.106. The van der Waals surface area contributed by atoms with Gasteiger partial charge in [0.25, 0.3) is 5.91 Å². The van der Waals surface area contributed by atoms with Crippen LogP contribution >= 0.6 is 0 Å². The Morgan fingerprint density at radius 2 is 1.55 bits per heavy atom. The third-order valence-corrected chi connectivity index (χ3v) is 6.78. The van der Waals surface area contributed by atoms with Gasteiger partial charge < -0.3 is 21.2 Å². The van der Waals surface area contributed by atoms with Crippen molar-refractivity contribution >= 4 is 12.1 Å². The van der Waals surface area contributed by atoms with Gasteiger partial charge in [0.1, 0.15) is 29.7 Å². The Morgan fingerprint density at radius 1 is 0.868 bits per heavy atom. The van der Waals surface area contributed by atoms with Crippen molar-refractivity contribution in [3.63, 3.8) is 0 Å². The molecule has 0 saturated carbocycles. The molecule has 2 aliphatic heterocycles. The zero-order valence-electron chi connectivity index (χ0n) is 20.4. The molecule has 2 bridgehead atoms. The smallest absolute Gasteiger partial charge is 0.251 e. The average Bonchev–Trinajstić information content (AvgIpc) is 3.51. The highest BCUT2D eigenvalue weighted by molar-refractivity contribution is 5.94. The lowest BCUT2D eigenvalue weighted by Crippen LogP contribution is -2.24. The van der Waals surface area contributed by atoms with Gasteiger partial charge in [-0.25, -0.2) is 13.2 Å². The summed E-state index contributed by atoms with van der Waals surface area (Å²) in [6.45, 7) is -0.200. The van der Waals surface area contributed by atoms with Crippen LogP contribution < -0.4 is 11.1 Å². The quantitative estimate of drug-likeness (QED) is 0.294. The molecule has 0 aromatic heterocycles. The van der Waals surface area contributed by atoms with Crippen molar-refractivity contribution in [1.29, 1.82) is 5.41 Å². The monoisotopic (exact) mass is 515 g/mol. The summed E-state index contributed by atoms with van der Waals surface area (Å²) in [5, 5.41) is 9.74. The molecule has 0 radical (unpaired) electrons. The molecular formula is C30H24F3N3O2. The van der Waals surface area contributed by atoms with Gasteiger partial charge in [0.05, 0.1) is 0 Å². The van der Waals surface area contributed by atoms with Crippen molar-refractivity contribution in [2.45, 2.75) is 18.8 Å². The van der Waals surface area contributed by atoms with Crippen LogP contribution in [-0.2, 0) is 11.3 Å². The van der Waals surface area contributed by atoms with Crippen molar-refractivity contribution in [3.8, 4) is 11.1 Å². The number of hydrogen-bond donors (Lipinski definition) is 3. The first-order valence-electron chi connectivity index (χ1n) is 12.0. The van der Waals surface area contributed by atoms with E-state index in [1.807, 2.05) is 24.3 Å². The number of amides is 1. The van der Waals surface area contributed by atoms with E-state index in [1.54, 1.807) is 30.3 Å². The second kappa shape index (κ2) is 10.2. The van der Waals surface area contributed by atoms with E-state index >= 15 is 0 Å². The summed E-state index contributed by atoms with van der Waals surface area (Å²) in [4.78, 5) is 12.8. The molecule has 192 valence electrons. The van der Waals surface area contributed by atoms with Crippen LogP contribution in [0.3, 0.4) is 0 Å². The van der Waals surface area contributed by atoms with Crippen LogP contribution in [0.5, 0.6) is 0 Å². The maximum atomic E-state index is 14.3. The Balaban J connectivity index is 0.00000144. The second-order valence-corrected chi connectivity index (χ2v) is 8.86. The zero-order chi connectivity index (χ0) is 27.0. The number of carbonyl (C=O) groups is 1. The predicted molar refractivity (Wildman–Crippen MR) is 139 cm³/mol. The number of carbonyl (C=O) groups excluding carboxylic acids is 1. The fourth-order valence-corrected chi connectivity index (χ4v) is 4.98. The summed E-state index contributed by atoms with van der Waals surface area (Å²) >= 11 is 0. The number of halogens is 3. The van der Waals surface area contributed by atoms with Crippen LogP contribution in [0.1, 0.15) is 55.9 Å². The van der Waals surface area contributed by atoms with Gasteiger partial charge in [0.2, 0.25) is 0 Å². The van der Waals surface area contributed by atoms with Crippen LogP contribution in [-0.4, -0.2) is 19.2 Å². The molecule has 0 unspecified atom stereocenters. The number of rotatable bonds is 5. The average molecular weight is 516 g/mol. The Bertz CT molecular complexity index is 1570. The highest BCUT2D eigenvalue weighted by Crippen LogP contribution is 2.54. The molecule has 4 aromatic carbocycles. The van der Waals surface area contributed by atoms with Crippen LogP contribution in [0.25, 0.3) is 11.1 Å². The van der Waals surface area contributed by atoms with Crippen molar-refractivity contribution in [1.82, 2.24) is 5.32 Å². The maximum absolute atomic E-state index is 14.3. The highest BCUT2D eigenvalue weighted by Gasteiger charge is 2.43. The molecule has 6 rings (SSSR count). The largest absolute Gasteiger partial charge is 0.356 e. The van der Waals surface area contributed by atoms with Crippen LogP contribution in [0.2, 0.25) is 0 Å². The molecule has 38 heavy (non-hydrogen) atoms. The van der Waals surface area contributed by atoms with Gasteiger partial charge >= 0.3 is 0 Å². The molecule has 8 heteroatoms. The van der Waals surface area contributed by atoms with E-state index in [0.29, 0.717) is 11.1 Å². The molecule has 4 aromatic rings. The lowest BCUT2D eigenvalue weighted by atomic mass is 9.83. The Labute approximate surface area is 217 Å². The van der Waals surface area contributed by atoms with Crippen molar-refractivity contribution in [2.24, 2.45) is 5.73 Å².